The van der Waals surface area contributed by atoms with Gasteiger partial charge in [0.15, 0.2) is 10.8 Å². The number of carbonyl (C=O) groups excluding carboxylic acids is 1. The number of rotatable bonds is 4. The summed E-state index contributed by atoms with van der Waals surface area (Å²) in [7, 11) is 1.34. The lowest BCUT2D eigenvalue weighted by Crippen LogP contribution is -2.34. The average molecular weight is 461 g/mol. The van der Waals surface area contributed by atoms with Crippen LogP contribution in [0.5, 0.6) is 0 Å². The van der Waals surface area contributed by atoms with E-state index in [0.29, 0.717) is 38.0 Å². The lowest BCUT2D eigenvalue weighted by Gasteiger charge is -2.26. The van der Waals surface area contributed by atoms with E-state index in [2.05, 4.69) is 31.2 Å². The second kappa shape index (κ2) is 7.86. The summed E-state index contributed by atoms with van der Waals surface area (Å²) in [5.74, 6) is 0.105. The Morgan fingerprint density at radius 2 is 2.24 bits per heavy atom. The molecular formula is C16H12BrCl2N3O2S. The smallest absolute Gasteiger partial charge is 0.338 e. The van der Waals surface area contributed by atoms with Crippen LogP contribution >= 0.6 is 50.5 Å². The lowest BCUT2D eigenvalue weighted by molar-refractivity contribution is -0.136. The van der Waals surface area contributed by atoms with Gasteiger partial charge in [0.25, 0.3) is 0 Å². The largest absolute Gasteiger partial charge is 0.466 e. The minimum atomic E-state index is -0.620. The SMILES string of the molecule is COC(=O)C1=C(CBr)NC(c2nccs2)=N[C@@H]1c1ccc(Cl)cc1Cl. The maximum Gasteiger partial charge on any atom is 0.338 e. The van der Waals surface area contributed by atoms with Gasteiger partial charge in [0.05, 0.1) is 12.7 Å². The molecule has 1 aromatic heterocycles. The van der Waals surface area contributed by atoms with E-state index >= 15 is 0 Å². The molecule has 1 aliphatic rings. The highest BCUT2D eigenvalue weighted by Gasteiger charge is 2.33. The molecule has 0 amide bonds. The van der Waals surface area contributed by atoms with Crippen LogP contribution in [0.25, 0.3) is 0 Å². The molecule has 5 nitrogen and oxygen atoms in total. The maximum absolute atomic E-state index is 12.4. The Labute approximate surface area is 166 Å². The Balaban J connectivity index is 2.17. The second-order valence-corrected chi connectivity index (χ2v) is 7.32. The van der Waals surface area contributed by atoms with Gasteiger partial charge in [-0.05, 0) is 12.1 Å². The van der Waals surface area contributed by atoms with Crippen molar-refractivity contribution in [1.82, 2.24) is 10.3 Å². The molecule has 0 radical (unpaired) electrons. The number of hydrogen-bond acceptors (Lipinski definition) is 6. The van der Waals surface area contributed by atoms with Crippen molar-refractivity contribution in [3.8, 4) is 0 Å². The number of nitrogens with zero attached hydrogens (tertiary/aromatic N) is 2. The van der Waals surface area contributed by atoms with Crippen LogP contribution < -0.4 is 5.32 Å². The van der Waals surface area contributed by atoms with Gasteiger partial charge >= 0.3 is 5.97 Å². The van der Waals surface area contributed by atoms with E-state index in [9.17, 15) is 4.79 Å². The molecule has 0 saturated heterocycles. The van der Waals surface area contributed by atoms with Gasteiger partial charge in [-0.25, -0.2) is 9.78 Å². The van der Waals surface area contributed by atoms with Crippen molar-refractivity contribution in [2.24, 2.45) is 4.99 Å². The van der Waals surface area contributed by atoms with Crippen LogP contribution in [0.2, 0.25) is 10.0 Å². The number of aliphatic imine (C=N–C) groups is 1. The molecule has 0 saturated carbocycles. The summed E-state index contributed by atoms with van der Waals surface area (Å²) >= 11 is 17.2. The van der Waals surface area contributed by atoms with Crippen molar-refractivity contribution in [3.05, 3.63) is 61.7 Å². The summed E-state index contributed by atoms with van der Waals surface area (Å²) in [6.45, 7) is 0. The van der Waals surface area contributed by atoms with Crippen molar-refractivity contribution < 1.29 is 9.53 Å². The molecule has 3 rings (SSSR count). The van der Waals surface area contributed by atoms with Crippen LogP contribution in [0, 0.1) is 0 Å². The standard InChI is InChI=1S/C16H12BrCl2N3O2S/c1-24-16(23)12-11(7-17)21-14(15-20-4-5-25-15)22-13(12)9-3-2-8(18)6-10(9)19/h2-6,13H,7H2,1H3,(H,21,22)/t13-/m1/s1. The van der Waals surface area contributed by atoms with Crippen molar-refractivity contribution in [3.63, 3.8) is 0 Å². The summed E-state index contributed by atoms with van der Waals surface area (Å²) in [5.41, 5.74) is 1.72. The molecule has 1 aliphatic heterocycles. The Kier molecular flexibility index (Phi) is 5.78. The van der Waals surface area contributed by atoms with E-state index in [-0.39, 0.29) is 0 Å². The molecule has 0 fully saturated rings. The monoisotopic (exact) mass is 459 g/mol. The van der Waals surface area contributed by atoms with Crippen molar-refractivity contribution >= 4 is 62.3 Å². The van der Waals surface area contributed by atoms with E-state index in [0.717, 1.165) is 5.01 Å². The first-order valence-electron chi connectivity index (χ1n) is 7.12. The van der Waals surface area contributed by atoms with Gasteiger partial charge in [0.2, 0.25) is 0 Å². The van der Waals surface area contributed by atoms with Crippen molar-refractivity contribution in [2.75, 3.05) is 12.4 Å². The Bertz CT molecular complexity index is 868. The summed E-state index contributed by atoms with van der Waals surface area (Å²) in [6, 6.07) is 4.48. The van der Waals surface area contributed by atoms with Gasteiger partial charge in [-0.3, -0.25) is 4.99 Å². The molecule has 1 aromatic carbocycles. The van der Waals surface area contributed by atoms with Gasteiger partial charge in [-0.15, -0.1) is 11.3 Å². The Hall–Kier alpha value is -1.41. The number of alkyl halides is 1. The minimum Gasteiger partial charge on any atom is -0.466 e. The molecule has 1 atom stereocenters. The zero-order valence-electron chi connectivity index (χ0n) is 12.9. The third kappa shape index (κ3) is 3.74. The number of hydrogen-bond donors (Lipinski definition) is 1. The number of aromatic nitrogens is 1. The number of halogens is 3. The number of nitrogens with one attached hydrogen (secondary N) is 1. The number of carbonyl (C=O) groups is 1. The number of esters is 1. The van der Waals surface area contributed by atoms with Gasteiger partial charge < -0.3 is 10.1 Å². The number of ether oxygens (including phenoxy) is 1. The van der Waals surface area contributed by atoms with Crippen molar-refractivity contribution in [1.29, 1.82) is 0 Å². The van der Waals surface area contributed by atoms with Crippen LogP contribution in [0.4, 0.5) is 0 Å². The van der Waals surface area contributed by atoms with Gasteiger partial charge in [0, 0.05) is 38.2 Å². The maximum atomic E-state index is 12.4. The highest BCUT2D eigenvalue weighted by molar-refractivity contribution is 9.09. The first kappa shape index (κ1) is 18.4. The van der Waals surface area contributed by atoms with Crippen molar-refractivity contribution in [2.45, 2.75) is 6.04 Å². The highest BCUT2D eigenvalue weighted by Crippen LogP contribution is 2.37. The molecule has 1 N–H and O–H groups in total. The molecule has 0 unspecified atom stereocenters. The van der Waals surface area contributed by atoms with Crippen LogP contribution in [0.3, 0.4) is 0 Å². The second-order valence-electron chi connectivity index (χ2n) is 5.03. The quantitative estimate of drug-likeness (QED) is 0.543. The topological polar surface area (TPSA) is 63.6 Å². The van der Waals surface area contributed by atoms with Crippen LogP contribution in [0.15, 0.2) is 46.0 Å². The lowest BCUT2D eigenvalue weighted by atomic mass is 9.96. The van der Waals surface area contributed by atoms with Gasteiger partial charge in [-0.1, -0.05) is 45.2 Å². The van der Waals surface area contributed by atoms with E-state index in [1.54, 1.807) is 24.4 Å². The minimum absolute atomic E-state index is 0.393. The van der Waals surface area contributed by atoms with E-state index < -0.39 is 12.0 Å². The average Bonchev–Trinajstić information content (AvgIpc) is 3.14. The predicted octanol–water partition coefficient (Wildman–Crippen LogP) is 4.36. The summed E-state index contributed by atoms with van der Waals surface area (Å²) in [4.78, 5) is 21.4. The van der Waals surface area contributed by atoms with Gasteiger partial charge in [-0.2, -0.15) is 0 Å². The molecule has 9 heteroatoms. The molecule has 25 heavy (non-hydrogen) atoms. The number of thiazole rings is 1. The Morgan fingerprint density at radius 3 is 2.84 bits per heavy atom. The third-order valence-electron chi connectivity index (χ3n) is 3.56. The molecule has 130 valence electrons. The fraction of sp³-hybridized carbons (Fsp3) is 0.188. The summed E-state index contributed by atoms with van der Waals surface area (Å²) in [6.07, 6.45) is 1.70. The Morgan fingerprint density at radius 1 is 1.44 bits per heavy atom. The molecular weight excluding hydrogens is 449 g/mol. The fourth-order valence-electron chi connectivity index (χ4n) is 2.45. The third-order valence-corrected chi connectivity index (χ3v) is 5.46. The summed E-state index contributed by atoms with van der Waals surface area (Å²) in [5, 5.41) is 7.10. The normalized spacial score (nSPS) is 17.1. The van der Waals surface area contributed by atoms with E-state index in [1.165, 1.54) is 18.4 Å². The van der Waals surface area contributed by atoms with Crippen LogP contribution in [0.1, 0.15) is 16.6 Å². The molecule has 0 aliphatic carbocycles. The first-order chi connectivity index (χ1) is 12.0. The van der Waals surface area contributed by atoms with Crippen LogP contribution in [-0.2, 0) is 9.53 Å². The first-order valence-corrected chi connectivity index (χ1v) is 9.87. The fourth-order valence-corrected chi connectivity index (χ4v) is 3.99. The number of benzene rings is 1. The number of amidine groups is 1. The van der Waals surface area contributed by atoms with Gasteiger partial charge in [0.1, 0.15) is 6.04 Å². The highest BCUT2D eigenvalue weighted by atomic mass is 79.9. The summed E-state index contributed by atoms with van der Waals surface area (Å²) < 4.78 is 4.95. The zero-order valence-corrected chi connectivity index (χ0v) is 16.8. The van der Waals surface area contributed by atoms with Crippen LogP contribution in [-0.4, -0.2) is 29.2 Å². The molecule has 2 heterocycles. The molecule has 2 aromatic rings. The molecule has 0 spiro atoms. The van der Waals surface area contributed by atoms with E-state index in [4.69, 9.17) is 27.9 Å². The van der Waals surface area contributed by atoms with E-state index in [1.807, 2.05) is 5.38 Å². The number of methoxy groups -OCH3 is 1. The zero-order chi connectivity index (χ0) is 18.0. The molecule has 0 bridgehead atoms. The number of allylic oxidation sites excluding steroid dienone is 1. The predicted molar refractivity (Wildman–Crippen MR) is 104 cm³/mol.